The van der Waals surface area contributed by atoms with E-state index in [0.717, 1.165) is 39.6 Å². The first kappa shape index (κ1) is 17.3. The molecule has 0 bridgehead atoms. The molecule has 0 saturated heterocycles. The maximum Gasteiger partial charge on any atom is 0.332 e. The Kier molecular flexibility index (Phi) is 4.64. The number of thioether (sulfide) groups is 1. The quantitative estimate of drug-likeness (QED) is 0.429. The maximum atomic E-state index is 11.3. The lowest BCUT2D eigenvalue weighted by Crippen LogP contribution is -2.10. The molecule has 2 aromatic carbocycles. The van der Waals surface area contributed by atoms with E-state index in [2.05, 4.69) is 15.1 Å². The minimum atomic E-state index is -0.476. The summed E-state index contributed by atoms with van der Waals surface area (Å²) in [7, 11) is 0. The summed E-state index contributed by atoms with van der Waals surface area (Å²) in [5.41, 5.74) is 9.92. The number of imidazole rings is 1. The van der Waals surface area contributed by atoms with Gasteiger partial charge in [-0.25, -0.2) is 9.78 Å². The largest absolute Gasteiger partial charge is 0.369 e. The van der Waals surface area contributed by atoms with Gasteiger partial charge in [-0.05, 0) is 12.1 Å². The van der Waals surface area contributed by atoms with E-state index < -0.39 is 5.97 Å². The fourth-order valence-electron chi connectivity index (χ4n) is 2.88. The van der Waals surface area contributed by atoms with Crippen LogP contribution in [0.15, 0.2) is 58.7 Å². The van der Waals surface area contributed by atoms with E-state index in [-0.39, 0.29) is 0 Å². The van der Waals surface area contributed by atoms with E-state index in [1.165, 1.54) is 6.92 Å². The van der Waals surface area contributed by atoms with E-state index in [9.17, 15) is 4.79 Å². The number of benzene rings is 2. The molecular weight excluding hydrogens is 362 g/mol. The molecular formula is C19H17N5O2S. The Hall–Kier alpha value is -3.13. The van der Waals surface area contributed by atoms with Crippen molar-refractivity contribution in [1.29, 1.82) is 0 Å². The number of nitrogens with two attached hydrogens (primary N) is 1. The molecule has 27 heavy (non-hydrogen) atoms. The standard InChI is InChI=1S/C19H17N5O2S/c1-12(25)26-23-17(13-5-3-2-4-6-13)14-7-8-15-16(11-14)24(18(20)22-15)19-21-9-10-27-19/h2-8,11H,9-10H2,1H3,(H2,20,22). The average Bonchev–Trinajstić information content (AvgIpc) is 3.29. The summed E-state index contributed by atoms with van der Waals surface area (Å²) in [5.74, 6) is 0.848. The Morgan fingerprint density at radius 1 is 1.22 bits per heavy atom. The summed E-state index contributed by atoms with van der Waals surface area (Å²) in [6.45, 7) is 2.09. The van der Waals surface area contributed by atoms with Crippen molar-refractivity contribution in [3.05, 3.63) is 59.7 Å². The Morgan fingerprint density at radius 2 is 2.04 bits per heavy atom. The molecule has 0 spiro atoms. The average molecular weight is 379 g/mol. The molecule has 2 N–H and O–H groups in total. The first-order valence-corrected chi connectivity index (χ1v) is 9.39. The minimum absolute atomic E-state index is 0.397. The lowest BCUT2D eigenvalue weighted by Gasteiger charge is -2.08. The van der Waals surface area contributed by atoms with E-state index in [0.29, 0.717) is 11.7 Å². The second-order valence-electron chi connectivity index (χ2n) is 5.91. The lowest BCUT2D eigenvalue weighted by atomic mass is 10.0. The SMILES string of the molecule is CC(=O)ON=C(c1ccccc1)c1ccc2nc(N)n(C3=NCCS3)c2c1. The smallest absolute Gasteiger partial charge is 0.332 e. The Balaban J connectivity index is 1.86. The van der Waals surface area contributed by atoms with Crippen LogP contribution >= 0.6 is 11.8 Å². The van der Waals surface area contributed by atoms with Gasteiger partial charge in [-0.15, -0.1) is 0 Å². The van der Waals surface area contributed by atoms with Crippen molar-refractivity contribution < 1.29 is 9.63 Å². The highest BCUT2D eigenvalue weighted by molar-refractivity contribution is 8.14. The van der Waals surface area contributed by atoms with Crippen molar-refractivity contribution >= 4 is 45.6 Å². The lowest BCUT2D eigenvalue weighted by molar-refractivity contribution is -0.140. The molecule has 2 heterocycles. The Labute approximate surface area is 159 Å². The van der Waals surface area contributed by atoms with Gasteiger partial charge in [0.15, 0.2) is 5.17 Å². The zero-order chi connectivity index (χ0) is 18.8. The first-order valence-electron chi connectivity index (χ1n) is 8.40. The van der Waals surface area contributed by atoms with Crippen molar-refractivity contribution in [3.8, 4) is 0 Å². The zero-order valence-corrected chi connectivity index (χ0v) is 15.4. The van der Waals surface area contributed by atoms with Gasteiger partial charge in [0.1, 0.15) is 5.71 Å². The Bertz CT molecular complexity index is 1070. The highest BCUT2D eigenvalue weighted by Gasteiger charge is 2.18. The number of fused-ring (bicyclic) bond motifs is 1. The topological polar surface area (TPSA) is 94.9 Å². The summed E-state index contributed by atoms with van der Waals surface area (Å²) < 4.78 is 1.85. The van der Waals surface area contributed by atoms with Crippen molar-refractivity contribution in [2.45, 2.75) is 6.92 Å². The third-order valence-electron chi connectivity index (χ3n) is 4.03. The van der Waals surface area contributed by atoms with Crippen molar-refractivity contribution in [2.24, 2.45) is 10.1 Å². The van der Waals surface area contributed by atoms with Crippen LogP contribution in [0.3, 0.4) is 0 Å². The molecule has 0 amide bonds. The number of hydrogen-bond acceptors (Lipinski definition) is 7. The predicted molar refractivity (Wildman–Crippen MR) is 108 cm³/mol. The number of anilines is 1. The van der Waals surface area contributed by atoms with Crippen LogP contribution in [-0.2, 0) is 9.63 Å². The van der Waals surface area contributed by atoms with Crippen LogP contribution in [0.5, 0.6) is 0 Å². The van der Waals surface area contributed by atoms with E-state index in [4.69, 9.17) is 10.6 Å². The summed E-state index contributed by atoms with van der Waals surface area (Å²) in [6, 6.07) is 15.3. The van der Waals surface area contributed by atoms with Crippen molar-refractivity contribution in [2.75, 3.05) is 18.0 Å². The van der Waals surface area contributed by atoms with Crippen LogP contribution in [-0.4, -0.2) is 38.7 Å². The Morgan fingerprint density at radius 3 is 2.74 bits per heavy atom. The molecule has 8 heteroatoms. The number of carbonyl (C=O) groups is 1. The molecule has 3 aromatic rings. The number of aliphatic imine (C=N–C) groups is 1. The van der Waals surface area contributed by atoms with Gasteiger partial charge < -0.3 is 10.6 Å². The molecule has 1 aliphatic heterocycles. The molecule has 0 unspecified atom stereocenters. The van der Waals surface area contributed by atoms with E-state index in [1.54, 1.807) is 11.8 Å². The highest BCUT2D eigenvalue weighted by atomic mass is 32.2. The number of oxime groups is 1. The van der Waals surface area contributed by atoms with E-state index >= 15 is 0 Å². The van der Waals surface area contributed by atoms with Crippen LogP contribution in [0, 0.1) is 0 Å². The van der Waals surface area contributed by atoms with Gasteiger partial charge in [0.2, 0.25) is 5.95 Å². The normalized spacial score (nSPS) is 14.4. The molecule has 0 fully saturated rings. The van der Waals surface area contributed by atoms with Crippen LogP contribution in [0.1, 0.15) is 18.1 Å². The molecule has 0 aliphatic carbocycles. The van der Waals surface area contributed by atoms with Crippen molar-refractivity contribution in [1.82, 2.24) is 9.55 Å². The number of rotatable bonds is 3. The van der Waals surface area contributed by atoms with Gasteiger partial charge in [0.05, 0.1) is 17.6 Å². The monoisotopic (exact) mass is 379 g/mol. The van der Waals surface area contributed by atoms with Gasteiger partial charge in [-0.3, -0.25) is 9.56 Å². The number of carbonyl (C=O) groups excluding carboxylic acids is 1. The number of aromatic nitrogens is 2. The maximum absolute atomic E-state index is 11.3. The molecule has 0 radical (unpaired) electrons. The van der Waals surface area contributed by atoms with Gasteiger partial charge in [-0.1, -0.05) is 53.3 Å². The fourth-order valence-corrected chi connectivity index (χ4v) is 3.75. The zero-order valence-electron chi connectivity index (χ0n) is 14.6. The third kappa shape index (κ3) is 3.43. The van der Waals surface area contributed by atoms with Gasteiger partial charge >= 0.3 is 5.97 Å². The fraction of sp³-hybridized carbons (Fsp3) is 0.158. The number of nitrogens with zero attached hydrogens (tertiary/aromatic N) is 4. The van der Waals surface area contributed by atoms with Gasteiger partial charge in [-0.2, -0.15) is 0 Å². The van der Waals surface area contributed by atoms with Crippen LogP contribution in [0.25, 0.3) is 11.0 Å². The molecule has 0 saturated carbocycles. The summed E-state index contributed by atoms with van der Waals surface area (Å²) in [6.07, 6.45) is 0. The summed E-state index contributed by atoms with van der Waals surface area (Å²) in [4.78, 5) is 25.1. The summed E-state index contributed by atoms with van der Waals surface area (Å²) >= 11 is 1.65. The van der Waals surface area contributed by atoms with Crippen LogP contribution in [0.4, 0.5) is 5.95 Å². The second kappa shape index (κ2) is 7.24. The number of hydrogen-bond donors (Lipinski definition) is 1. The molecule has 1 aromatic heterocycles. The van der Waals surface area contributed by atoms with Crippen molar-refractivity contribution in [3.63, 3.8) is 0 Å². The molecule has 4 rings (SSSR count). The van der Waals surface area contributed by atoms with Crippen LogP contribution in [0.2, 0.25) is 0 Å². The predicted octanol–water partition coefficient (Wildman–Crippen LogP) is 2.88. The number of nitrogen functional groups attached to an aromatic ring is 1. The van der Waals surface area contributed by atoms with Gasteiger partial charge in [0, 0.05) is 23.8 Å². The molecule has 7 nitrogen and oxygen atoms in total. The molecule has 0 atom stereocenters. The highest BCUT2D eigenvalue weighted by Crippen LogP contribution is 2.25. The molecule has 136 valence electrons. The minimum Gasteiger partial charge on any atom is -0.369 e. The van der Waals surface area contributed by atoms with E-state index in [1.807, 2.05) is 53.1 Å². The first-order chi connectivity index (χ1) is 13.1. The molecule has 1 aliphatic rings. The second-order valence-corrected chi connectivity index (χ2v) is 6.97. The summed E-state index contributed by atoms with van der Waals surface area (Å²) in [5, 5.41) is 4.91. The third-order valence-corrected chi connectivity index (χ3v) is 4.98. The van der Waals surface area contributed by atoms with Gasteiger partial charge in [0.25, 0.3) is 0 Å². The van der Waals surface area contributed by atoms with Crippen LogP contribution < -0.4 is 5.73 Å².